The third-order valence-corrected chi connectivity index (χ3v) is 2.19. The van der Waals surface area contributed by atoms with E-state index in [1.54, 1.807) is 6.20 Å². The van der Waals surface area contributed by atoms with Gasteiger partial charge in [0.2, 0.25) is 0 Å². The van der Waals surface area contributed by atoms with E-state index in [0.29, 0.717) is 5.69 Å². The van der Waals surface area contributed by atoms with Crippen LogP contribution in [0, 0.1) is 0 Å². The molecule has 0 aliphatic carbocycles. The molecular weight excluding hydrogens is 178 g/mol. The molecular formula is C10H13N3O. The van der Waals surface area contributed by atoms with Gasteiger partial charge < -0.3 is 9.67 Å². The highest BCUT2D eigenvalue weighted by atomic mass is 16.3. The Balaban J connectivity index is 2.52. The monoisotopic (exact) mass is 191 g/mol. The molecule has 0 spiro atoms. The van der Waals surface area contributed by atoms with Gasteiger partial charge in [0.1, 0.15) is 5.52 Å². The van der Waals surface area contributed by atoms with Gasteiger partial charge in [0.25, 0.3) is 0 Å². The van der Waals surface area contributed by atoms with Crippen LogP contribution >= 0.6 is 0 Å². The van der Waals surface area contributed by atoms with Gasteiger partial charge in [-0.25, -0.2) is 4.98 Å². The lowest BCUT2D eigenvalue weighted by molar-refractivity contribution is 0.277. The fourth-order valence-electron chi connectivity index (χ4n) is 1.51. The molecule has 0 fully saturated rings. The number of pyridine rings is 1. The topological polar surface area (TPSA) is 50.9 Å². The first-order chi connectivity index (χ1) is 6.85. The minimum atomic E-state index is -0.0206. The van der Waals surface area contributed by atoms with Crippen LogP contribution in [-0.4, -0.2) is 19.6 Å². The molecule has 0 atom stereocenters. The fourth-order valence-corrected chi connectivity index (χ4v) is 1.51. The van der Waals surface area contributed by atoms with Gasteiger partial charge in [-0.05, 0) is 12.5 Å². The van der Waals surface area contributed by atoms with Gasteiger partial charge in [-0.15, -0.1) is 0 Å². The summed E-state index contributed by atoms with van der Waals surface area (Å²) in [6.07, 6.45) is 4.59. The number of hydrogen-bond donors (Lipinski definition) is 1. The van der Waals surface area contributed by atoms with E-state index in [2.05, 4.69) is 21.5 Å². The highest BCUT2D eigenvalue weighted by Gasteiger charge is 2.03. The van der Waals surface area contributed by atoms with Crippen molar-refractivity contribution in [3.05, 3.63) is 24.3 Å². The van der Waals surface area contributed by atoms with Crippen molar-refractivity contribution in [3.63, 3.8) is 0 Å². The molecule has 0 saturated heterocycles. The minimum absolute atomic E-state index is 0.0206. The normalized spacial score (nSPS) is 11.0. The number of aryl methyl sites for hydroxylation is 1. The van der Waals surface area contributed by atoms with Gasteiger partial charge in [-0.3, -0.25) is 4.98 Å². The number of aliphatic hydroxyl groups is 1. The number of aromatic nitrogens is 3. The van der Waals surface area contributed by atoms with Gasteiger partial charge in [0, 0.05) is 6.54 Å². The molecule has 0 unspecified atom stereocenters. The average molecular weight is 191 g/mol. The lowest BCUT2D eigenvalue weighted by Crippen LogP contribution is -1.95. The Morgan fingerprint density at radius 1 is 1.43 bits per heavy atom. The first-order valence-corrected chi connectivity index (χ1v) is 4.75. The van der Waals surface area contributed by atoms with Crippen LogP contribution in [-0.2, 0) is 13.2 Å². The van der Waals surface area contributed by atoms with Crippen molar-refractivity contribution in [1.29, 1.82) is 0 Å². The van der Waals surface area contributed by atoms with Crippen molar-refractivity contribution in [2.75, 3.05) is 0 Å². The van der Waals surface area contributed by atoms with Crippen LogP contribution in [0.3, 0.4) is 0 Å². The highest BCUT2D eigenvalue weighted by molar-refractivity contribution is 5.74. The Kier molecular flexibility index (Phi) is 2.45. The summed E-state index contributed by atoms with van der Waals surface area (Å²) in [6.45, 7) is 3.05. The Labute approximate surface area is 82.2 Å². The molecule has 4 heteroatoms. The molecule has 0 aliphatic rings. The number of nitrogens with zero attached hydrogens (tertiary/aromatic N) is 3. The Morgan fingerprint density at radius 3 is 3.00 bits per heavy atom. The maximum Gasteiger partial charge on any atom is 0.107 e. The van der Waals surface area contributed by atoms with E-state index in [-0.39, 0.29) is 6.61 Å². The van der Waals surface area contributed by atoms with Crippen molar-refractivity contribution >= 4 is 11.0 Å². The summed E-state index contributed by atoms with van der Waals surface area (Å²) in [4.78, 5) is 8.30. The van der Waals surface area contributed by atoms with E-state index in [1.165, 1.54) is 0 Å². The SMILES string of the molecule is CCCn1cnc2cnc(CO)cc21. The predicted molar refractivity (Wildman–Crippen MR) is 53.7 cm³/mol. The van der Waals surface area contributed by atoms with Crippen LogP contribution in [0.15, 0.2) is 18.6 Å². The standard InChI is InChI=1S/C10H13N3O/c1-2-3-13-7-12-9-5-11-8(6-14)4-10(9)13/h4-5,7,14H,2-3,6H2,1H3. The molecule has 0 aliphatic heterocycles. The van der Waals surface area contributed by atoms with Gasteiger partial charge in [-0.1, -0.05) is 6.92 Å². The largest absolute Gasteiger partial charge is 0.390 e. The van der Waals surface area contributed by atoms with Crippen molar-refractivity contribution < 1.29 is 5.11 Å². The number of aliphatic hydroxyl groups excluding tert-OH is 1. The molecule has 74 valence electrons. The number of hydrogen-bond acceptors (Lipinski definition) is 3. The van der Waals surface area contributed by atoms with Gasteiger partial charge in [0.05, 0.1) is 30.3 Å². The van der Waals surface area contributed by atoms with Crippen LogP contribution in [0.2, 0.25) is 0 Å². The molecule has 0 radical (unpaired) electrons. The third-order valence-electron chi connectivity index (χ3n) is 2.19. The third kappa shape index (κ3) is 1.48. The van der Waals surface area contributed by atoms with Crippen LogP contribution in [0.4, 0.5) is 0 Å². The molecule has 2 aromatic heterocycles. The van der Waals surface area contributed by atoms with E-state index >= 15 is 0 Å². The van der Waals surface area contributed by atoms with Crippen molar-refractivity contribution in [1.82, 2.24) is 14.5 Å². The predicted octanol–water partition coefficient (Wildman–Crippen LogP) is 1.33. The quantitative estimate of drug-likeness (QED) is 0.796. The average Bonchev–Trinajstić information content (AvgIpc) is 2.61. The summed E-state index contributed by atoms with van der Waals surface area (Å²) in [7, 11) is 0. The maximum absolute atomic E-state index is 8.96. The first-order valence-electron chi connectivity index (χ1n) is 4.75. The van der Waals surface area contributed by atoms with E-state index in [0.717, 1.165) is 24.0 Å². The second-order valence-electron chi connectivity index (χ2n) is 3.26. The lowest BCUT2D eigenvalue weighted by Gasteiger charge is -2.01. The molecule has 1 N–H and O–H groups in total. The highest BCUT2D eigenvalue weighted by Crippen LogP contribution is 2.13. The van der Waals surface area contributed by atoms with Crippen LogP contribution in [0.1, 0.15) is 19.0 Å². The molecule has 2 aromatic rings. The van der Waals surface area contributed by atoms with Gasteiger partial charge in [0.15, 0.2) is 0 Å². The molecule has 0 aromatic carbocycles. The summed E-state index contributed by atoms with van der Waals surface area (Å²) < 4.78 is 2.08. The first kappa shape index (κ1) is 9.15. The van der Waals surface area contributed by atoms with Crippen LogP contribution in [0.5, 0.6) is 0 Å². The van der Waals surface area contributed by atoms with E-state index < -0.39 is 0 Å². The molecule has 0 bridgehead atoms. The van der Waals surface area contributed by atoms with Crippen molar-refractivity contribution in [2.24, 2.45) is 0 Å². The number of imidazole rings is 1. The summed E-state index contributed by atoms with van der Waals surface area (Å²) in [5.74, 6) is 0. The summed E-state index contributed by atoms with van der Waals surface area (Å²) in [5, 5.41) is 8.96. The number of rotatable bonds is 3. The van der Waals surface area contributed by atoms with Gasteiger partial charge >= 0.3 is 0 Å². The Hall–Kier alpha value is -1.42. The molecule has 2 heterocycles. The zero-order chi connectivity index (χ0) is 9.97. The zero-order valence-corrected chi connectivity index (χ0v) is 8.14. The summed E-state index contributed by atoms with van der Waals surface area (Å²) in [5.41, 5.74) is 2.62. The second-order valence-corrected chi connectivity index (χ2v) is 3.26. The van der Waals surface area contributed by atoms with E-state index in [4.69, 9.17) is 5.11 Å². The zero-order valence-electron chi connectivity index (χ0n) is 8.14. The van der Waals surface area contributed by atoms with Gasteiger partial charge in [-0.2, -0.15) is 0 Å². The van der Waals surface area contributed by atoms with Crippen molar-refractivity contribution in [3.8, 4) is 0 Å². The fraction of sp³-hybridized carbons (Fsp3) is 0.400. The smallest absolute Gasteiger partial charge is 0.107 e. The Morgan fingerprint density at radius 2 is 2.29 bits per heavy atom. The molecule has 2 rings (SSSR count). The molecule has 4 nitrogen and oxygen atoms in total. The lowest BCUT2D eigenvalue weighted by atomic mass is 10.3. The molecule has 14 heavy (non-hydrogen) atoms. The summed E-state index contributed by atoms with van der Waals surface area (Å²) in [6, 6.07) is 1.89. The maximum atomic E-state index is 8.96. The van der Waals surface area contributed by atoms with E-state index in [1.807, 2.05) is 12.4 Å². The van der Waals surface area contributed by atoms with Crippen LogP contribution in [0.25, 0.3) is 11.0 Å². The Bertz CT molecular complexity index is 436. The van der Waals surface area contributed by atoms with Crippen molar-refractivity contribution in [2.45, 2.75) is 26.5 Å². The molecule has 0 amide bonds. The van der Waals surface area contributed by atoms with E-state index in [9.17, 15) is 0 Å². The van der Waals surface area contributed by atoms with Crippen LogP contribution < -0.4 is 0 Å². The minimum Gasteiger partial charge on any atom is -0.390 e. The number of fused-ring (bicyclic) bond motifs is 1. The molecule has 0 saturated carbocycles. The second kappa shape index (κ2) is 3.75. The summed E-state index contributed by atoms with van der Waals surface area (Å²) >= 11 is 0.